The number of benzene rings is 1. The van der Waals surface area contributed by atoms with Crippen molar-refractivity contribution >= 4 is 11.6 Å². The van der Waals surface area contributed by atoms with Crippen LogP contribution in [0.2, 0.25) is 0 Å². The summed E-state index contributed by atoms with van der Waals surface area (Å²) in [6.45, 7) is 5.39. The van der Waals surface area contributed by atoms with E-state index in [2.05, 4.69) is 5.32 Å². The number of nitrogens with one attached hydrogen (secondary N) is 1. The molecule has 3 rings (SSSR count). The van der Waals surface area contributed by atoms with Crippen LogP contribution in [0.3, 0.4) is 0 Å². The van der Waals surface area contributed by atoms with Gasteiger partial charge in [-0.25, -0.2) is 0 Å². The average molecular weight is 345 g/mol. The molecule has 0 radical (unpaired) electrons. The maximum atomic E-state index is 12.5. The standard InChI is InChI=1S/C19H27N3O3/c1-13-17(8-5-9-18(13)22(24)25)14(2)20-16-10-11-21(12-16)19(23)15-6-3-4-7-15/h5,8-9,14-16,20H,3-4,6-7,10-12H2,1-2H3/t14-,16-/m1/s1. The van der Waals surface area contributed by atoms with Crippen molar-refractivity contribution in [2.45, 2.75) is 58.0 Å². The van der Waals surface area contributed by atoms with Crippen molar-refractivity contribution in [3.05, 3.63) is 39.4 Å². The molecule has 2 fully saturated rings. The molecule has 0 bridgehead atoms. The first kappa shape index (κ1) is 17.9. The quantitative estimate of drug-likeness (QED) is 0.656. The summed E-state index contributed by atoms with van der Waals surface area (Å²) < 4.78 is 0. The molecule has 6 nitrogen and oxygen atoms in total. The highest BCUT2D eigenvalue weighted by Crippen LogP contribution is 2.29. The SMILES string of the molecule is Cc1c([C@@H](C)N[C@@H]2CCN(C(=O)C3CCCC3)C2)cccc1[N+](=O)[O-]. The van der Waals surface area contributed by atoms with Crippen molar-refractivity contribution in [3.8, 4) is 0 Å². The Morgan fingerprint density at radius 2 is 2.04 bits per heavy atom. The molecule has 0 unspecified atom stereocenters. The molecular weight excluding hydrogens is 318 g/mol. The minimum atomic E-state index is -0.330. The smallest absolute Gasteiger partial charge is 0.272 e. The molecular formula is C19H27N3O3. The molecule has 0 spiro atoms. The number of carbonyl (C=O) groups excluding carboxylic acids is 1. The number of nitro benzene ring substituents is 1. The molecule has 1 N–H and O–H groups in total. The first-order chi connectivity index (χ1) is 12.0. The molecule has 1 heterocycles. The molecule has 1 aromatic carbocycles. The zero-order valence-corrected chi connectivity index (χ0v) is 15.0. The van der Waals surface area contributed by atoms with E-state index in [1.165, 1.54) is 12.8 Å². The van der Waals surface area contributed by atoms with E-state index in [0.717, 1.165) is 37.9 Å². The lowest BCUT2D eigenvalue weighted by atomic mass is 10.00. The van der Waals surface area contributed by atoms with Crippen LogP contribution < -0.4 is 5.32 Å². The average Bonchev–Trinajstić information content (AvgIpc) is 3.26. The van der Waals surface area contributed by atoms with E-state index in [9.17, 15) is 14.9 Å². The second kappa shape index (κ2) is 7.52. The Bertz CT molecular complexity index is 655. The lowest BCUT2D eigenvalue weighted by Gasteiger charge is -2.23. The molecule has 2 atom stereocenters. The van der Waals surface area contributed by atoms with Crippen molar-refractivity contribution in [3.63, 3.8) is 0 Å². The molecule has 1 aliphatic heterocycles. The summed E-state index contributed by atoms with van der Waals surface area (Å²) in [6.07, 6.45) is 5.37. The van der Waals surface area contributed by atoms with Crippen LogP contribution in [0.1, 0.15) is 56.2 Å². The van der Waals surface area contributed by atoms with Crippen LogP contribution in [0.25, 0.3) is 0 Å². The van der Waals surface area contributed by atoms with Crippen LogP contribution in [-0.4, -0.2) is 34.9 Å². The summed E-state index contributed by atoms with van der Waals surface area (Å²) in [5.41, 5.74) is 1.83. The molecule has 1 aromatic rings. The fourth-order valence-corrected chi connectivity index (χ4v) is 4.28. The molecule has 1 amide bonds. The second-order valence-electron chi connectivity index (χ2n) is 7.39. The van der Waals surface area contributed by atoms with Crippen LogP contribution in [0.4, 0.5) is 5.69 Å². The first-order valence-electron chi connectivity index (χ1n) is 9.26. The fourth-order valence-electron chi connectivity index (χ4n) is 4.28. The van der Waals surface area contributed by atoms with Gasteiger partial charge in [0.1, 0.15) is 0 Å². The highest BCUT2D eigenvalue weighted by Gasteiger charge is 2.32. The number of rotatable bonds is 5. The number of carbonyl (C=O) groups is 1. The monoisotopic (exact) mass is 345 g/mol. The summed E-state index contributed by atoms with van der Waals surface area (Å²) in [5.74, 6) is 0.552. The predicted molar refractivity (Wildman–Crippen MR) is 96.3 cm³/mol. The van der Waals surface area contributed by atoms with Gasteiger partial charge >= 0.3 is 0 Å². The van der Waals surface area contributed by atoms with Crippen LogP contribution in [-0.2, 0) is 4.79 Å². The highest BCUT2D eigenvalue weighted by molar-refractivity contribution is 5.79. The van der Waals surface area contributed by atoms with Gasteiger partial charge in [0.25, 0.3) is 5.69 Å². The van der Waals surface area contributed by atoms with Gasteiger partial charge in [0, 0.05) is 42.7 Å². The lowest BCUT2D eigenvalue weighted by Crippen LogP contribution is -2.38. The van der Waals surface area contributed by atoms with Gasteiger partial charge in [-0.05, 0) is 38.7 Å². The zero-order chi connectivity index (χ0) is 18.0. The van der Waals surface area contributed by atoms with Gasteiger partial charge in [-0.15, -0.1) is 0 Å². The summed E-state index contributed by atoms with van der Waals surface area (Å²) in [4.78, 5) is 25.3. The summed E-state index contributed by atoms with van der Waals surface area (Å²) >= 11 is 0. The van der Waals surface area contributed by atoms with E-state index in [1.54, 1.807) is 19.1 Å². The summed E-state index contributed by atoms with van der Waals surface area (Å²) in [5, 5.41) is 14.7. The number of likely N-dealkylation sites (tertiary alicyclic amines) is 1. The van der Waals surface area contributed by atoms with Gasteiger partial charge in [0.15, 0.2) is 0 Å². The van der Waals surface area contributed by atoms with Gasteiger partial charge in [-0.3, -0.25) is 14.9 Å². The predicted octanol–water partition coefficient (Wildman–Crippen LogP) is 3.34. The molecule has 0 aromatic heterocycles. The Labute approximate surface area is 148 Å². The summed E-state index contributed by atoms with van der Waals surface area (Å²) in [6, 6.07) is 5.49. The molecule has 6 heteroatoms. The minimum Gasteiger partial charge on any atom is -0.341 e. The van der Waals surface area contributed by atoms with Crippen LogP contribution in [0.15, 0.2) is 18.2 Å². The third-order valence-corrected chi connectivity index (χ3v) is 5.70. The van der Waals surface area contributed by atoms with Gasteiger partial charge in [-0.2, -0.15) is 0 Å². The largest absolute Gasteiger partial charge is 0.341 e. The first-order valence-corrected chi connectivity index (χ1v) is 9.26. The Balaban J connectivity index is 1.61. The molecule has 1 saturated heterocycles. The molecule has 136 valence electrons. The lowest BCUT2D eigenvalue weighted by molar-refractivity contribution is -0.385. The normalized spacial score (nSPS) is 22.3. The van der Waals surface area contributed by atoms with Gasteiger partial charge in [0.2, 0.25) is 5.91 Å². The minimum absolute atomic E-state index is 0.0198. The van der Waals surface area contributed by atoms with E-state index < -0.39 is 0 Å². The number of hydrogen-bond acceptors (Lipinski definition) is 4. The van der Waals surface area contributed by atoms with Gasteiger partial charge in [-0.1, -0.05) is 25.0 Å². The van der Waals surface area contributed by atoms with Gasteiger partial charge < -0.3 is 10.2 Å². The van der Waals surface area contributed by atoms with Crippen LogP contribution in [0, 0.1) is 23.0 Å². The maximum absolute atomic E-state index is 12.5. The van der Waals surface area contributed by atoms with E-state index in [-0.39, 0.29) is 28.6 Å². The zero-order valence-electron chi connectivity index (χ0n) is 15.0. The van der Waals surface area contributed by atoms with Crippen molar-refractivity contribution < 1.29 is 9.72 Å². The fraction of sp³-hybridized carbons (Fsp3) is 0.632. The van der Waals surface area contributed by atoms with E-state index in [1.807, 2.05) is 17.9 Å². The third-order valence-electron chi connectivity index (χ3n) is 5.70. The van der Waals surface area contributed by atoms with Crippen LogP contribution in [0.5, 0.6) is 0 Å². The van der Waals surface area contributed by atoms with Gasteiger partial charge in [0.05, 0.1) is 4.92 Å². The van der Waals surface area contributed by atoms with Crippen molar-refractivity contribution in [2.75, 3.05) is 13.1 Å². The number of nitrogens with zero attached hydrogens (tertiary/aromatic N) is 2. The Hall–Kier alpha value is -1.95. The Morgan fingerprint density at radius 1 is 1.32 bits per heavy atom. The van der Waals surface area contributed by atoms with E-state index >= 15 is 0 Å². The van der Waals surface area contributed by atoms with E-state index in [0.29, 0.717) is 11.5 Å². The van der Waals surface area contributed by atoms with Crippen molar-refractivity contribution in [1.82, 2.24) is 10.2 Å². The number of amides is 1. The molecule has 1 aliphatic carbocycles. The van der Waals surface area contributed by atoms with Crippen LogP contribution >= 0.6 is 0 Å². The second-order valence-corrected chi connectivity index (χ2v) is 7.39. The van der Waals surface area contributed by atoms with Crippen molar-refractivity contribution in [2.24, 2.45) is 5.92 Å². The highest BCUT2D eigenvalue weighted by atomic mass is 16.6. The van der Waals surface area contributed by atoms with Crippen molar-refractivity contribution in [1.29, 1.82) is 0 Å². The molecule has 25 heavy (non-hydrogen) atoms. The Morgan fingerprint density at radius 3 is 2.72 bits per heavy atom. The maximum Gasteiger partial charge on any atom is 0.272 e. The topological polar surface area (TPSA) is 75.5 Å². The van der Waals surface area contributed by atoms with E-state index in [4.69, 9.17) is 0 Å². The Kier molecular flexibility index (Phi) is 5.37. The molecule has 1 saturated carbocycles. The number of nitro groups is 1. The summed E-state index contributed by atoms with van der Waals surface area (Å²) in [7, 11) is 0. The third kappa shape index (κ3) is 3.84. The molecule has 2 aliphatic rings. The number of hydrogen-bond donors (Lipinski definition) is 1.